The predicted molar refractivity (Wildman–Crippen MR) is 138 cm³/mol. The molecule has 10 heteroatoms. The summed E-state index contributed by atoms with van der Waals surface area (Å²) in [6.07, 6.45) is -1.23. The molecular formula is C27H27F3N4O2S. The maximum atomic E-state index is 13.9. The van der Waals surface area contributed by atoms with Crippen LogP contribution in [-0.2, 0) is 11.0 Å². The van der Waals surface area contributed by atoms with Crippen LogP contribution in [0.5, 0.6) is 0 Å². The molecule has 1 aliphatic carbocycles. The van der Waals surface area contributed by atoms with E-state index in [0.717, 1.165) is 42.8 Å². The molecule has 0 amide bonds. The molecule has 1 atom stereocenters. The van der Waals surface area contributed by atoms with Crippen LogP contribution in [0.3, 0.4) is 0 Å². The third kappa shape index (κ3) is 5.53. The topological polar surface area (TPSA) is 78.4 Å². The van der Waals surface area contributed by atoms with Crippen molar-refractivity contribution in [1.82, 2.24) is 9.97 Å². The summed E-state index contributed by atoms with van der Waals surface area (Å²) in [7, 11) is 0. The highest BCUT2D eigenvalue weighted by atomic mass is 32.2. The first kappa shape index (κ1) is 25.4. The molecule has 2 aliphatic rings. The zero-order valence-electron chi connectivity index (χ0n) is 20.3. The molecule has 0 radical (unpaired) electrons. The van der Waals surface area contributed by atoms with Crippen molar-refractivity contribution in [1.29, 1.82) is 0 Å². The minimum atomic E-state index is -4.53. The van der Waals surface area contributed by atoms with Gasteiger partial charge in [0.05, 0.1) is 16.7 Å². The van der Waals surface area contributed by atoms with E-state index >= 15 is 0 Å². The number of alkyl halides is 3. The van der Waals surface area contributed by atoms with Gasteiger partial charge in [-0.15, -0.1) is 0 Å². The number of benzene rings is 1. The molecule has 1 saturated heterocycles. The normalized spacial score (nSPS) is 20.1. The van der Waals surface area contributed by atoms with E-state index in [4.69, 9.17) is 0 Å². The molecule has 0 spiro atoms. The molecule has 5 rings (SSSR count). The molecule has 1 aliphatic heterocycles. The van der Waals surface area contributed by atoms with Crippen LogP contribution < -0.4 is 9.62 Å². The lowest BCUT2D eigenvalue weighted by molar-refractivity contribution is -0.148. The number of piperidine rings is 1. The third-order valence-corrected chi connectivity index (χ3v) is 7.69. The number of carbonyl (C=O) groups is 1. The van der Waals surface area contributed by atoms with Gasteiger partial charge in [0, 0.05) is 30.6 Å². The van der Waals surface area contributed by atoms with Gasteiger partial charge < -0.3 is 14.7 Å². The standard InChI is InChI=1S/C27H27F3N4O2S/c1-26(25(35)36)14-5-15-34(16-26)22-8-4-9-23(32-22)37-33-21-13-12-20(27(28,29)30)24(31-21)19-7-3-2-6-18(19)17-10-11-17/h2-4,6-9,12-13,17H,5,10-11,14-16H2,1H3,(H,31,33)(H,35,36)/t26-/m0/s1. The number of anilines is 2. The van der Waals surface area contributed by atoms with E-state index < -0.39 is 23.1 Å². The molecule has 1 saturated carbocycles. The van der Waals surface area contributed by atoms with Crippen LogP contribution in [0, 0.1) is 5.41 Å². The van der Waals surface area contributed by atoms with Gasteiger partial charge in [0.1, 0.15) is 16.7 Å². The minimum absolute atomic E-state index is 0.0800. The summed E-state index contributed by atoms with van der Waals surface area (Å²) in [5.74, 6) is 0.409. The molecule has 0 unspecified atom stereocenters. The highest BCUT2D eigenvalue weighted by Crippen LogP contribution is 2.46. The quantitative estimate of drug-likeness (QED) is 0.325. The van der Waals surface area contributed by atoms with Crippen LogP contribution in [0.1, 0.15) is 49.7 Å². The highest BCUT2D eigenvalue weighted by Gasteiger charge is 2.39. The van der Waals surface area contributed by atoms with Crippen molar-refractivity contribution in [3.05, 3.63) is 65.7 Å². The van der Waals surface area contributed by atoms with E-state index in [1.54, 1.807) is 25.1 Å². The van der Waals surface area contributed by atoms with Crippen LogP contribution in [-0.4, -0.2) is 34.1 Å². The molecule has 3 heterocycles. The molecule has 6 nitrogen and oxygen atoms in total. The van der Waals surface area contributed by atoms with E-state index in [0.29, 0.717) is 41.7 Å². The summed E-state index contributed by atoms with van der Waals surface area (Å²) < 4.78 is 44.7. The zero-order chi connectivity index (χ0) is 26.2. The Hall–Kier alpha value is -3.27. The lowest BCUT2D eigenvalue weighted by Gasteiger charge is -2.38. The average Bonchev–Trinajstić information content (AvgIpc) is 3.72. The summed E-state index contributed by atoms with van der Waals surface area (Å²) in [6.45, 7) is 2.82. The van der Waals surface area contributed by atoms with E-state index in [1.807, 2.05) is 29.2 Å². The van der Waals surface area contributed by atoms with Crippen molar-refractivity contribution < 1.29 is 23.1 Å². The Balaban J connectivity index is 1.38. The number of hydrogen-bond acceptors (Lipinski definition) is 6. The van der Waals surface area contributed by atoms with Crippen LogP contribution in [0.25, 0.3) is 11.3 Å². The molecule has 2 N–H and O–H groups in total. The number of nitrogens with one attached hydrogen (secondary N) is 1. The first-order valence-electron chi connectivity index (χ1n) is 12.2. The Labute approximate surface area is 217 Å². The lowest BCUT2D eigenvalue weighted by atomic mass is 9.82. The first-order valence-corrected chi connectivity index (χ1v) is 13.0. The number of aromatic nitrogens is 2. The van der Waals surface area contributed by atoms with Crippen molar-refractivity contribution in [2.45, 2.75) is 49.7 Å². The number of hydrogen-bond donors (Lipinski definition) is 2. The summed E-state index contributed by atoms with van der Waals surface area (Å²) in [4.78, 5) is 22.7. The molecule has 2 aromatic heterocycles. The van der Waals surface area contributed by atoms with Gasteiger partial charge >= 0.3 is 12.1 Å². The van der Waals surface area contributed by atoms with Crippen molar-refractivity contribution in [3.8, 4) is 11.3 Å². The van der Waals surface area contributed by atoms with Crippen molar-refractivity contribution in [2.75, 3.05) is 22.7 Å². The van der Waals surface area contributed by atoms with Crippen molar-refractivity contribution in [2.24, 2.45) is 5.41 Å². The molecule has 37 heavy (non-hydrogen) atoms. The number of carboxylic acid groups (broad SMARTS) is 1. The Bertz CT molecular complexity index is 1310. The van der Waals surface area contributed by atoms with Gasteiger partial charge in [-0.3, -0.25) is 4.79 Å². The SMILES string of the molecule is C[C@]1(C(=O)O)CCCN(c2cccc(SNc3ccc(C(F)(F)F)c(-c4ccccc4C4CC4)n3)n2)C1. The first-order chi connectivity index (χ1) is 17.6. The Morgan fingerprint density at radius 2 is 1.89 bits per heavy atom. The summed E-state index contributed by atoms with van der Waals surface area (Å²) in [5, 5.41) is 10.2. The van der Waals surface area contributed by atoms with Gasteiger partial charge in [-0.05, 0) is 68.4 Å². The Morgan fingerprint density at radius 1 is 1.11 bits per heavy atom. The van der Waals surface area contributed by atoms with Crippen LogP contribution >= 0.6 is 11.9 Å². The summed E-state index contributed by atoms with van der Waals surface area (Å²) in [6, 6.07) is 15.0. The van der Waals surface area contributed by atoms with Crippen LogP contribution in [0.4, 0.5) is 24.8 Å². The van der Waals surface area contributed by atoms with E-state index in [1.165, 1.54) is 6.07 Å². The molecule has 0 bridgehead atoms. The largest absolute Gasteiger partial charge is 0.481 e. The number of pyridine rings is 2. The maximum absolute atomic E-state index is 13.9. The molecule has 2 fully saturated rings. The maximum Gasteiger partial charge on any atom is 0.418 e. The molecular weight excluding hydrogens is 501 g/mol. The molecule has 194 valence electrons. The zero-order valence-corrected chi connectivity index (χ0v) is 21.1. The summed E-state index contributed by atoms with van der Waals surface area (Å²) in [5.41, 5.74) is -0.266. The monoisotopic (exact) mass is 528 g/mol. The van der Waals surface area contributed by atoms with Gasteiger partial charge in [0.25, 0.3) is 0 Å². The Morgan fingerprint density at radius 3 is 2.62 bits per heavy atom. The smallest absolute Gasteiger partial charge is 0.418 e. The van der Waals surface area contributed by atoms with E-state index in [-0.39, 0.29) is 11.6 Å². The Kier molecular flexibility index (Phi) is 6.78. The van der Waals surface area contributed by atoms with Crippen molar-refractivity contribution >= 4 is 29.6 Å². The van der Waals surface area contributed by atoms with Gasteiger partial charge in [0.15, 0.2) is 0 Å². The van der Waals surface area contributed by atoms with E-state index in [9.17, 15) is 23.1 Å². The molecule has 3 aromatic rings. The number of rotatable bonds is 7. The van der Waals surface area contributed by atoms with Crippen molar-refractivity contribution in [3.63, 3.8) is 0 Å². The highest BCUT2D eigenvalue weighted by molar-refractivity contribution is 8.00. The van der Waals surface area contributed by atoms with Gasteiger partial charge in [-0.1, -0.05) is 30.3 Å². The van der Waals surface area contributed by atoms with E-state index in [2.05, 4.69) is 14.7 Å². The third-order valence-electron chi connectivity index (χ3n) is 6.94. The number of halogens is 3. The van der Waals surface area contributed by atoms with Crippen LogP contribution in [0.15, 0.2) is 59.6 Å². The summed E-state index contributed by atoms with van der Waals surface area (Å²) >= 11 is 1.15. The lowest BCUT2D eigenvalue weighted by Crippen LogP contribution is -2.46. The second-order valence-electron chi connectivity index (χ2n) is 9.88. The molecule has 1 aromatic carbocycles. The second-order valence-corrected chi connectivity index (χ2v) is 10.7. The average molecular weight is 529 g/mol. The fourth-order valence-corrected chi connectivity index (χ4v) is 5.37. The van der Waals surface area contributed by atoms with Gasteiger partial charge in [-0.25, -0.2) is 9.97 Å². The fraction of sp³-hybridized carbons (Fsp3) is 0.370. The number of nitrogens with zero attached hydrogens (tertiary/aromatic N) is 3. The van der Waals surface area contributed by atoms with Gasteiger partial charge in [-0.2, -0.15) is 13.2 Å². The van der Waals surface area contributed by atoms with Crippen LogP contribution in [0.2, 0.25) is 0 Å². The fourth-order valence-electron chi connectivity index (χ4n) is 4.76. The second kappa shape index (κ2) is 9.89. The minimum Gasteiger partial charge on any atom is -0.481 e. The number of carboxylic acids is 1. The number of aliphatic carboxylic acids is 1. The van der Waals surface area contributed by atoms with Gasteiger partial charge in [0.2, 0.25) is 0 Å². The predicted octanol–water partition coefficient (Wildman–Crippen LogP) is 6.85.